The van der Waals surface area contributed by atoms with Crippen LogP contribution in [-0.4, -0.2) is 103 Å². The zero-order chi connectivity index (χ0) is 40.7. The molecule has 57 heavy (non-hydrogen) atoms. The molecule has 0 aromatic carbocycles. The molecule has 4 heterocycles. The molecule has 7 atom stereocenters. The molecule has 1 aliphatic heterocycles. The van der Waals surface area contributed by atoms with Gasteiger partial charge >= 0.3 is 7.82 Å². The number of ether oxygens (including phenoxy) is 3. The third-order valence-electron chi connectivity index (χ3n) is 10.7. The van der Waals surface area contributed by atoms with Crippen molar-refractivity contribution in [2.24, 2.45) is 4.99 Å². The zero-order valence-corrected chi connectivity index (χ0v) is 33.9. The number of phosphoric ester groups is 1. The van der Waals surface area contributed by atoms with E-state index in [0.717, 1.165) is 19.3 Å². The van der Waals surface area contributed by atoms with Gasteiger partial charge in [0.1, 0.15) is 42.3 Å². The quantitative estimate of drug-likeness (QED) is 0.0379. The van der Waals surface area contributed by atoms with Crippen molar-refractivity contribution >= 4 is 25.9 Å². The molecule has 0 bridgehead atoms. The summed E-state index contributed by atoms with van der Waals surface area (Å²) in [5, 5.41) is 43.9. The Bertz CT molecular complexity index is 1800. The molecule has 1 saturated carbocycles. The Hall–Kier alpha value is -3.59. The first kappa shape index (κ1) is 44.5. The summed E-state index contributed by atoms with van der Waals surface area (Å²) in [6.45, 7) is 5.59. The fraction of sp³-hybridized carbons (Fsp3) is 0.692. The number of rotatable bonds is 29. The van der Waals surface area contributed by atoms with Crippen molar-refractivity contribution in [1.82, 2.24) is 24.8 Å². The number of nitrogen functional groups attached to an aromatic ring is 1. The molecule has 0 amide bonds. The van der Waals surface area contributed by atoms with Crippen LogP contribution >= 0.6 is 7.82 Å². The van der Waals surface area contributed by atoms with Crippen LogP contribution in [0.25, 0.3) is 5.52 Å². The van der Waals surface area contributed by atoms with Crippen LogP contribution in [0.1, 0.15) is 121 Å². The number of aliphatic hydroxyl groups is 2. The SMILES string of the molecule is C=NC[C@@]1(c2ccc3c(N)ncnn23)O[C@@H]2C(OP(=O)(O)OC[C@@H](COCCCCCCCCCCCCCCCCCC)Oc3ccc(C#N)nn3)[C@]2(O)[C@H]1O. The van der Waals surface area contributed by atoms with Gasteiger partial charge in [0.15, 0.2) is 22.7 Å². The van der Waals surface area contributed by atoms with E-state index in [1.165, 1.54) is 106 Å². The maximum Gasteiger partial charge on any atom is 0.472 e. The van der Waals surface area contributed by atoms with Crippen LogP contribution in [-0.2, 0) is 28.7 Å². The number of phosphoric acid groups is 1. The van der Waals surface area contributed by atoms with Crippen molar-refractivity contribution in [3.8, 4) is 11.9 Å². The number of aliphatic hydroxyl groups excluding tert-OH is 1. The smallest absolute Gasteiger partial charge is 0.468 e. The minimum absolute atomic E-state index is 0.00531. The van der Waals surface area contributed by atoms with Gasteiger partial charge in [0.25, 0.3) is 0 Å². The second-order valence-electron chi connectivity index (χ2n) is 15.0. The number of anilines is 1. The average molecular weight is 815 g/mol. The van der Waals surface area contributed by atoms with E-state index in [2.05, 4.69) is 38.9 Å². The van der Waals surface area contributed by atoms with Crippen molar-refractivity contribution < 1.29 is 42.9 Å². The highest BCUT2D eigenvalue weighted by atomic mass is 31.2. The molecule has 3 aromatic heterocycles. The van der Waals surface area contributed by atoms with Crippen LogP contribution in [0.15, 0.2) is 35.6 Å². The lowest BCUT2D eigenvalue weighted by Gasteiger charge is -2.34. The van der Waals surface area contributed by atoms with E-state index >= 15 is 0 Å². The van der Waals surface area contributed by atoms with Crippen LogP contribution in [0, 0.1) is 11.3 Å². The zero-order valence-electron chi connectivity index (χ0n) is 33.0. The number of hydrogen-bond donors (Lipinski definition) is 4. The van der Waals surface area contributed by atoms with Gasteiger partial charge in [-0.15, -0.1) is 10.2 Å². The maximum absolute atomic E-state index is 13.2. The largest absolute Gasteiger partial charge is 0.472 e. The topological polar surface area (TPSA) is 242 Å². The first-order valence-corrected chi connectivity index (χ1v) is 21.8. The summed E-state index contributed by atoms with van der Waals surface area (Å²) in [5.74, 6) is 0.245. The molecule has 2 fully saturated rings. The van der Waals surface area contributed by atoms with Crippen LogP contribution in [0.2, 0.25) is 0 Å². The van der Waals surface area contributed by atoms with Crippen molar-refractivity contribution in [2.45, 2.75) is 145 Å². The molecule has 1 saturated heterocycles. The molecular formula is C39H59N8O9P. The number of aliphatic imine (C=N–C) groups is 1. The van der Waals surface area contributed by atoms with Crippen molar-refractivity contribution in [3.63, 3.8) is 0 Å². The van der Waals surface area contributed by atoms with Gasteiger partial charge in [0, 0.05) is 12.7 Å². The van der Waals surface area contributed by atoms with E-state index in [0.29, 0.717) is 17.8 Å². The summed E-state index contributed by atoms with van der Waals surface area (Å²) in [5.41, 5.74) is 3.13. The summed E-state index contributed by atoms with van der Waals surface area (Å²) >= 11 is 0. The first-order chi connectivity index (χ1) is 27.6. The minimum atomic E-state index is -4.87. The molecule has 0 radical (unpaired) electrons. The van der Waals surface area contributed by atoms with Gasteiger partial charge in [-0.2, -0.15) is 10.4 Å². The van der Waals surface area contributed by atoms with Crippen molar-refractivity contribution in [2.75, 3.05) is 32.1 Å². The second kappa shape index (κ2) is 21.4. The van der Waals surface area contributed by atoms with Crippen LogP contribution in [0.3, 0.4) is 0 Å². The molecular weight excluding hydrogens is 755 g/mol. The minimum Gasteiger partial charge on any atom is -0.468 e. The van der Waals surface area contributed by atoms with Gasteiger partial charge in [0.2, 0.25) is 5.88 Å². The number of nitriles is 1. The lowest BCUT2D eigenvalue weighted by atomic mass is 9.89. The summed E-state index contributed by atoms with van der Waals surface area (Å²) in [4.78, 5) is 18.6. The Morgan fingerprint density at radius 2 is 1.65 bits per heavy atom. The van der Waals surface area contributed by atoms with E-state index < -0.39 is 50.0 Å². The highest BCUT2D eigenvalue weighted by molar-refractivity contribution is 7.47. The lowest BCUT2D eigenvalue weighted by molar-refractivity contribution is -0.131. The molecule has 5 rings (SSSR count). The van der Waals surface area contributed by atoms with Crippen molar-refractivity contribution in [3.05, 3.63) is 42.0 Å². The molecule has 0 spiro atoms. The normalized spacial score (nSPS) is 24.2. The Kier molecular flexibility index (Phi) is 16.7. The summed E-state index contributed by atoms with van der Waals surface area (Å²) in [6, 6.07) is 8.00. The number of fused-ring (bicyclic) bond motifs is 2. The van der Waals surface area contributed by atoms with Gasteiger partial charge < -0.3 is 35.1 Å². The van der Waals surface area contributed by atoms with Crippen LogP contribution in [0.5, 0.6) is 5.88 Å². The predicted molar refractivity (Wildman–Crippen MR) is 212 cm³/mol. The number of nitrogens with two attached hydrogens (primary N) is 1. The van der Waals surface area contributed by atoms with Gasteiger partial charge in [-0.3, -0.25) is 14.0 Å². The average Bonchev–Trinajstić information content (AvgIpc) is 3.44. The second-order valence-corrected chi connectivity index (χ2v) is 16.4. The first-order valence-electron chi connectivity index (χ1n) is 20.3. The molecule has 3 aromatic rings. The van der Waals surface area contributed by atoms with E-state index in [4.69, 9.17) is 34.3 Å². The third kappa shape index (κ3) is 11.5. The van der Waals surface area contributed by atoms with Gasteiger partial charge in [-0.1, -0.05) is 103 Å². The summed E-state index contributed by atoms with van der Waals surface area (Å²) in [6.07, 6.45) is 16.3. The lowest BCUT2D eigenvalue weighted by Crippen LogP contribution is -2.50. The highest BCUT2D eigenvalue weighted by Crippen LogP contribution is 2.63. The number of aromatic nitrogens is 5. The number of hydrogen-bond acceptors (Lipinski definition) is 15. The number of unbranched alkanes of at least 4 members (excludes halogenated alkanes) is 15. The van der Waals surface area contributed by atoms with E-state index in [9.17, 15) is 19.7 Å². The van der Waals surface area contributed by atoms with Gasteiger partial charge in [0.05, 0.1) is 25.5 Å². The monoisotopic (exact) mass is 814 g/mol. The summed E-state index contributed by atoms with van der Waals surface area (Å²) < 4.78 is 43.1. The Morgan fingerprint density at radius 1 is 1.00 bits per heavy atom. The fourth-order valence-electron chi connectivity index (χ4n) is 7.49. The molecule has 2 unspecified atom stereocenters. The Labute approximate surface area is 334 Å². The number of nitrogens with zero attached hydrogens (tertiary/aromatic N) is 7. The van der Waals surface area contributed by atoms with E-state index in [1.54, 1.807) is 12.1 Å². The Balaban J connectivity index is 1.04. The van der Waals surface area contributed by atoms with E-state index in [-0.39, 0.29) is 30.5 Å². The molecule has 2 aliphatic rings. The highest BCUT2D eigenvalue weighted by Gasteiger charge is 2.83. The Morgan fingerprint density at radius 3 is 2.21 bits per heavy atom. The van der Waals surface area contributed by atoms with E-state index in [1.807, 2.05) is 6.07 Å². The molecule has 314 valence electrons. The third-order valence-corrected chi connectivity index (χ3v) is 11.7. The molecule has 17 nitrogen and oxygen atoms in total. The summed E-state index contributed by atoms with van der Waals surface area (Å²) in [7, 11) is -4.87. The van der Waals surface area contributed by atoms with Gasteiger partial charge in [-0.25, -0.2) is 14.1 Å². The maximum atomic E-state index is 13.2. The predicted octanol–water partition coefficient (Wildman–Crippen LogP) is 5.60. The molecule has 1 aliphatic carbocycles. The van der Waals surface area contributed by atoms with Crippen molar-refractivity contribution in [1.29, 1.82) is 5.26 Å². The van der Waals surface area contributed by atoms with Crippen LogP contribution in [0.4, 0.5) is 5.82 Å². The molecule has 5 N–H and O–H groups in total. The van der Waals surface area contributed by atoms with Crippen LogP contribution < -0.4 is 10.5 Å². The molecule has 18 heteroatoms. The fourth-order valence-corrected chi connectivity index (χ4v) is 8.48. The van der Waals surface area contributed by atoms with Gasteiger partial charge in [-0.05, 0) is 31.3 Å². The standard InChI is InChI=1S/C39H59N8O9P/c1-3-4-5-6-7-8-9-10-11-12-13-14-15-16-17-18-23-52-25-30(54-33-22-19-29(24-40)45-46-33)26-53-57(50,51)56-35-34-39(35,49)37(48)38(55-34,27-42-2)32-21-20-31-36(41)43-28-44-47(31)32/h19-22,28,30,34-35,37,48-49H,2-18,23,25-27H2,1H3,(H,50,51)(H2,41,43,44)/t30-,34-,35?,37+,38+,39+/m1/s1.